The topological polar surface area (TPSA) is 63.7 Å². The first kappa shape index (κ1) is 37.9. The van der Waals surface area contributed by atoms with E-state index >= 15 is 0 Å². The molecule has 3 unspecified atom stereocenters. The molecule has 2 radical (unpaired) electrons. The van der Waals surface area contributed by atoms with Gasteiger partial charge in [0.05, 0.1) is 12.1 Å². The number of rotatable bonds is 13. The number of nitrogens with one attached hydrogen (secondary N) is 1. The van der Waals surface area contributed by atoms with Crippen LogP contribution in [0.1, 0.15) is 65.4 Å². The van der Waals surface area contributed by atoms with E-state index in [1.54, 1.807) is 0 Å². The summed E-state index contributed by atoms with van der Waals surface area (Å²) < 4.78 is 14.3. The summed E-state index contributed by atoms with van der Waals surface area (Å²) in [5.74, 6) is 0.129. The molecular weight excluding hydrogens is 695 g/mol. The van der Waals surface area contributed by atoms with E-state index in [-0.39, 0.29) is 35.1 Å². The molecule has 5 aromatic rings. The van der Waals surface area contributed by atoms with Gasteiger partial charge in [0.15, 0.2) is 5.13 Å². The first-order valence-electron chi connectivity index (χ1n) is 18.3. The van der Waals surface area contributed by atoms with E-state index in [4.69, 9.17) is 13.8 Å². The van der Waals surface area contributed by atoms with Gasteiger partial charge >= 0.3 is 0 Å². The van der Waals surface area contributed by atoms with Gasteiger partial charge in [-0.1, -0.05) is 170 Å². The maximum atomic E-state index is 14.0. The fourth-order valence-electron chi connectivity index (χ4n) is 6.73. The second kappa shape index (κ2) is 16.4. The Morgan fingerprint density at radius 3 is 1.67 bits per heavy atom. The van der Waals surface area contributed by atoms with E-state index < -0.39 is 18.1 Å². The molecule has 1 saturated heterocycles. The molecule has 6 nitrogen and oxygen atoms in total. The van der Waals surface area contributed by atoms with Crippen LogP contribution in [0.2, 0.25) is 0 Å². The van der Waals surface area contributed by atoms with Crippen molar-refractivity contribution in [2.24, 2.45) is 16.7 Å². The third-order valence-corrected chi connectivity index (χ3v) is 15.0. The molecule has 0 bridgehead atoms. The lowest BCUT2D eigenvalue weighted by molar-refractivity contribution is 0.00493. The molecule has 270 valence electrons. The Balaban J connectivity index is 1.22. The lowest BCUT2D eigenvalue weighted by Crippen LogP contribution is -2.65. The summed E-state index contributed by atoms with van der Waals surface area (Å²) in [6.45, 7) is 16.4. The standard InChI is InChI=1S/C43H51N3O3SSi2/c1-8-36(38(43(5,6)7)48-51(31-21-13-9-14-22-31)32-23-15-10-16-24-32)44-39(47)37-30-50-41(45-37)46-29-35(42(2,3)4)40(46)49-52(33-25-17-11-18-26-33)34-27-19-12-20-28-34/h9-28,30,35-36,38,40H,8,29H2,1-7H3,(H,44,47)/t35?,36-,38?,40?/m0/s1. The molecule has 0 saturated carbocycles. The van der Waals surface area contributed by atoms with E-state index in [0.29, 0.717) is 11.6 Å². The molecule has 2 heterocycles. The number of carbonyl (C=O) groups is 1. The fraction of sp³-hybridized carbons (Fsp3) is 0.349. The molecule has 1 amide bonds. The van der Waals surface area contributed by atoms with E-state index in [2.05, 4.69) is 168 Å². The van der Waals surface area contributed by atoms with Crippen molar-refractivity contribution < 1.29 is 13.6 Å². The van der Waals surface area contributed by atoms with Gasteiger partial charge in [-0.25, -0.2) is 4.98 Å². The second-order valence-electron chi connectivity index (χ2n) is 15.7. The van der Waals surface area contributed by atoms with Crippen LogP contribution in [0.3, 0.4) is 0 Å². The molecule has 0 spiro atoms. The maximum Gasteiger partial charge on any atom is 0.285 e. The monoisotopic (exact) mass is 745 g/mol. The highest BCUT2D eigenvalue weighted by atomic mass is 32.1. The maximum absolute atomic E-state index is 14.0. The number of nitrogens with zero attached hydrogens (tertiary/aromatic N) is 2. The predicted octanol–water partition coefficient (Wildman–Crippen LogP) is 6.52. The molecule has 4 atom stereocenters. The number of carbonyl (C=O) groups excluding carboxylic acids is 1. The molecule has 0 aliphatic carbocycles. The smallest absolute Gasteiger partial charge is 0.285 e. The van der Waals surface area contributed by atoms with E-state index in [1.807, 2.05) is 17.5 Å². The van der Waals surface area contributed by atoms with Crippen LogP contribution in [0, 0.1) is 16.7 Å². The summed E-state index contributed by atoms with van der Waals surface area (Å²) in [7, 11) is -3.14. The van der Waals surface area contributed by atoms with Gasteiger partial charge in [0, 0.05) is 17.8 Å². The molecule has 1 N–H and O–H groups in total. The lowest BCUT2D eigenvalue weighted by Gasteiger charge is -2.53. The van der Waals surface area contributed by atoms with Crippen LogP contribution >= 0.6 is 11.3 Å². The number of anilines is 1. The van der Waals surface area contributed by atoms with Gasteiger partial charge in [0.25, 0.3) is 24.0 Å². The fourth-order valence-corrected chi connectivity index (χ4v) is 12.1. The van der Waals surface area contributed by atoms with Crippen LogP contribution in [0.15, 0.2) is 127 Å². The number of thiazole rings is 1. The summed E-state index contributed by atoms with van der Waals surface area (Å²) in [5.41, 5.74) is 0.231. The Morgan fingerprint density at radius 2 is 1.25 bits per heavy atom. The molecule has 6 rings (SSSR count). The Labute approximate surface area is 317 Å². The van der Waals surface area contributed by atoms with Crippen LogP contribution < -0.4 is 31.0 Å². The third-order valence-electron chi connectivity index (χ3n) is 9.73. The van der Waals surface area contributed by atoms with Gasteiger partial charge in [-0.3, -0.25) is 4.79 Å². The molecular formula is C43H51N3O3SSi2. The minimum atomic E-state index is -1.59. The van der Waals surface area contributed by atoms with Gasteiger partial charge in [-0.05, 0) is 38.0 Å². The molecule has 4 aromatic carbocycles. The van der Waals surface area contributed by atoms with Crippen molar-refractivity contribution in [2.75, 3.05) is 11.4 Å². The second-order valence-corrected chi connectivity index (χ2v) is 20.6. The zero-order valence-corrected chi connectivity index (χ0v) is 34.2. The average molecular weight is 746 g/mol. The Bertz CT molecular complexity index is 1790. The van der Waals surface area contributed by atoms with Crippen molar-refractivity contribution in [3.8, 4) is 0 Å². The van der Waals surface area contributed by atoms with E-state index in [9.17, 15) is 4.79 Å². The summed E-state index contributed by atoms with van der Waals surface area (Å²) in [6, 6.07) is 41.9. The third kappa shape index (κ3) is 8.84. The molecule has 9 heteroatoms. The van der Waals surface area contributed by atoms with Gasteiger partial charge in [-0.2, -0.15) is 0 Å². The SMILES string of the molecule is CC[C@H](NC(=O)c1csc(N2CC(C(C)(C)C)C2O[Si](c2ccccc2)c2ccccc2)n1)C(O[Si](c1ccccc1)c1ccccc1)C(C)(C)C. The largest absolute Gasteiger partial charge is 0.402 e. The molecule has 52 heavy (non-hydrogen) atoms. The quantitative estimate of drug-likeness (QED) is 0.139. The van der Waals surface area contributed by atoms with Gasteiger partial charge < -0.3 is 19.1 Å². The van der Waals surface area contributed by atoms with E-state index in [1.165, 1.54) is 32.1 Å². The lowest BCUT2D eigenvalue weighted by atomic mass is 9.74. The van der Waals surface area contributed by atoms with Crippen molar-refractivity contribution in [1.82, 2.24) is 10.3 Å². The zero-order chi connectivity index (χ0) is 36.9. The van der Waals surface area contributed by atoms with Crippen molar-refractivity contribution in [1.29, 1.82) is 0 Å². The van der Waals surface area contributed by atoms with Crippen molar-refractivity contribution in [2.45, 2.75) is 73.3 Å². The van der Waals surface area contributed by atoms with E-state index in [0.717, 1.165) is 18.1 Å². The predicted molar refractivity (Wildman–Crippen MR) is 219 cm³/mol. The number of hydrogen-bond donors (Lipinski definition) is 1. The Kier molecular flexibility index (Phi) is 12.0. The van der Waals surface area contributed by atoms with Crippen molar-refractivity contribution in [3.05, 3.63) is 132 Å². The molecule has 1 aliphatic rings. The number of benzene rings is 4. The van der Waals surface area contributed by atoms with Crippen LogP contribution in [0.4, 0.5) is 5.13 Å². The Hall–Kier alpha value is -3.87. The van der Waals surface area contributed by atoms with Crippen molar-refractivity contribution in [3.63, 3.8) is 0 Å². The van der Waals surface area contributed by atoms with Crippen LogP contribution in [0.25, 0.3) is 0 Å². The van der Waals surface area contributed by atoms with Crippen LogP contribution in [0.5, 0.6) is 0 Å². The number of amides is 1. The highest BCUT2D eigenvalue weighted by molar-refractivity contribution is 7.14. The average Bonchev–Trinajstić information content (AvgIpc) is 3.61. The van der Waals surface area contributed by atoms with Crippen LogP contribution in [-0.2, 0) is 8.85 Å². The van der Waals surface area contributed by atoms with Gasteiger partial charge in [0.2, 0.25) is 0 Å². The molecule has 1 aromatic heterocycles. The molecule has 1 aliphatic heterocycles. The summed E-state index contributed by atoms with van der Waals surface area (Å²) in [5, 5.41) is 10.8. The first-order chi connectivity index (χ1) is 24.9. The van der Waals surface area contributed by atoms with Gasteiger partial charge in [0.1, 0.15) is 11.9 Å². The number of hydrogen-bond acceptors (Lipinski definition) is 6. The van der Waals surface area contributed by atoms with Crippen molar-refractivity contribution >= 4 is 61.2 Å². The summed E-state index contributed by atoms with van der Waals surface area (Å²) in [4.78, 5) is 21.2. The van der Waals surface area contributed by atoms with Crippen LogP contribution in [-0.4, -0.2) is 53.9 Å². The minimum Gasteiger partial charge on any atom is -0.402 e. The van der Waals surface area contributed by atoms with Gasteiger partial charge in [-0.15, -0.1) is 11.3 Å². The number of aromatic nitrogens is 1. The summed E-state index contributed by atoms with van der Waals surface area (Å²) in [6.07, 6.45) is 0.337. The highest BCUT2D eigenvalue weighted by Crippen LogP contribution is 2.43. The normalized spacial score (nSPS) is 17.5. The Morgan fingerprint density at radius 1 is 0.788 bits per heavy atom. The summed E-state index contributed by atoms with van der Waals surface area (Å²) >= 11 is 1.51. The first-order valence-corrected chi connectivity index (χ1v) is 22.0. The zero-order valence-electron chi connectivity index (χ0n) is 31.4. The molecule has 1 fully saturated rings. The minimum absolute atomic E-state index is 0.0368. The highest BCUT2D eigenvalue weighted by Gasteiger charge is 2.49.